The van der Waals surface area contributed by atoms with E-state index in [1.165, 1.54) is 32.9 Å². The zero-order valence-electron chi connectivity index (χ0n) is 25.8. The highest BCUT2D eigenvalue weighted by Crippen LogP contribution is 2.40. The highest BCUT2D eigenvalue weighted by molar-refractivity contribution is 6.12. The van der Waals surface area contributed by atoms with Crippen LogP contribution in [0.5, 0.6) is 0 Å². The molecule has 1 aliphatic rings. The first kappa shape index (κ1) is 27.3. The van der Waals surface area contributed by atoms with E-state index in [9.17, 15) is 0 Å². The number of allylic oxidation sites excluding steroid dienone is 4. The Kier molecular flexibility index (Phi) is 6.60. The number of rotatable bonds is 5. The lowest BCUT2D eigenvalue weighted by Gasteiger charge is -2.17. The fourth-order valence-corrected chi connectivity index (χ4v) is 7.04. The molecule has 0 N–H and O–H groups in total. The zero-order chi connectivity index (χ0) is 31.2. The van der Waals surface area contributed by atoms with Crippen LogP contribution in [0.4, 0.5) is 0 Å². The molecule has 6 aromatic carbocycles. The van der Waals surface area contributed by atoms with E-state index in [0.717, 1.165) is 51.2 Å². The SMILES string of the molecule is C1=CCC(c2nc(-c3ccccc3)c3c(-c4ccc5c(c4)c4ccccc4n5-c4ccc(-c5ccccc5)cc4)cccc3n2)C=C1. The monoisotopic (exact) mass is 601 g/mol. The van der Waals surface area contributed by atoms with Crippen molar-refractivity contribution >= 4 is 32.7 Å². The van der Waals surface area contributed by atoms with Crippen molar-refractivity contribution < 1.29 is 0 Å². The third-order valence-corrected chi connectivity index (χ3v) is 9.32. The fourth-order valence-electron chi connectivity index (χ4n) is 7.04. The molecule has 0 spiro atoms. The Labute approximate surface area is 273 Å². The van der Waals surface area contributed by atoms with Crippen LogP contribution in [0.2, 0.25) is 0 Å². The molecule has 1 aliphatic carbocycles. The van der Waals surface area contributed by atoms with Gasteiger partial charge >= 0.3 is 0 Å². The summed E-state index contributed by atoms with van der Waals surface area (Å²) in [7, 11) is 0. The Bertz CT molecular complexity index is 2470. The molecule has 9 rings (SSSR count). The van der Waals surface area contributed by atoms with Gasteiger partial charge in [-0.2, -0.15) is 0 Å². The number of aromatic nitrogens is 3. The smallest absolute Gasteiger partial charge is 0.136 e. The van der Waals surface area contributed by atoms with Crippen LogP contribution >= 0.6 is 0 Å². The van der Waals surface area contributed by atoms with Gasteiger partial charge in [0.2, 0.25) is 0 Å². The Hall–Kier alpha value is -6.06. The van der Waals surface area contributed by atoms with E-state index in [1.807, 2.05) is 0 Å². The molecule has 8 aromatic rings. The lowest BCUT2D eigenvalue weighted by atomic mass is 9.94. The molecule has 47 heavy (non-hydrogen) atoms. The second-order valence-corrected chi connectivity index (χ2v) is 12.1. The minimum absolute atomic E-state index is 0.166. The zero-order valence-corrected chi connectivity index (χ0v) is 25.8. The highest BCUT2D eigenvalue weighted by atomic mass is 15.0. The molecule has 0 fully saturated rings. The van der Waals surface area contributed by atoms with Crippen LogP contribution in [0.15, 0.2) is 170 Å². The van der Waals surface area contributed by atoms with Gasteiger partial charge in [-0.25, -0.2) is 9.97 Å². The molecule has 222 valence electrons. The predicted octanol–water partition coefficient (Wildman–Crippen LogP) is 11.3. The van der Waals surface area contributed by atoms with Gasteiger partial charge in [-0.1, -0.05) is 133 Å². The van der Waals surface area contributed by atoms with Gasteiger partial charge in [-0.3, -0.25) is 0 Å². The Balaban J connectivity index is 1.23. The number of benzene rings is 6. The van der Waals surface area contributed by atoms with Gasteiger partial charge in [0.1, 0.15) is 5.82 Å². The van der Waals surface area contributed by atoms with E-state index in [1.54, 1.807) is 0 Å². The topological polar surface area (TPSA) is 30.7 Å². The third-order valence-electron chi connectivity index (χ3n) is 9.32. The molecule has 0 amide bonds. The molecule has 1 unspecified atom stereocenters. The molecule has 0 bridgehead atoms. The summed E-state index contributed by atoms with van der Waals surface area (Å²) < 4.78 is 2.38. The minimum Gasteiger partial charge on any atom is -0.309 e. The number of hydrogen-bond acceptors (Lipinski definition) is 2. The first-order valence-electron chi connectivity index (χ1n) is 16.2. The predicted molar refractivity (Wildman–Crippen MR) is 196 cm³/mol. The van der Waals surface area contributed by atoms with Gasteiger partial charge in [0.15, 0.2) is 0 Å². The lowest BCUT2D eigenvalue weighted by molar-refractivity contribution is 0.781. The highest BCUT2D eigenvalue weighted by Gasteiger charge is 2.20. The average Bonchev–Trinajstić information content (AvgIpc) is 3.49. The Morgan fingerprint density at radius 1 is 0.532 bits per heavy atom. The summed E-state index contributed by atoms with van der Waals surface area (Å²) in [5.41, 5.74) is 11.3. The Morgan fingerprint density at radius 3 is 2.02 bits per heavy atom. The second kappa shape index (κ2) is 11.4. The van der Waals surface area contributed by atoms with E-state index in [-0.39, 0.29) is 5.92 Å². The van der Waals surface area contributed by atoms with Crippen molar-refractivity contribution in [1.29, 1.82) is 0 Å². The first-order valence-corrected chi connectivity index (χ1v) is 16.2. The number of para-hydroxylation sites is 1. The molecule has 0 aliphatic heterocycles. The van der Waals surface area contributed by atoms with Crippen LogP contribution in [0, 0.1) is 0 Å². The molecule has 0 saturated carbocycles. The van der Waals surface area contributed by atoms with Gasteiger partial charge in [-0.05, 0) is 65.1 Å². The van der Waals surface area contributed by atoms with Crippen molar-refractivity contribution in [3.63, 3.8) is 0 Å². The first-order chi connectivity index (χ1) is 23.3. The summed E-state index contributed by atoms with van der Waals surface area (Å²) >= 11 is 0. The number of nitrogens with zero attached hydrogens (tertiary/aromatic N) is 3. The largest absolute Gasteiger partial charge is 0.309 e. The summed E-state index contributed by atoms with van der Waals surface area (Å²) in [6.07, 6.45) is 9.51. The summed E-state index contributed by atoms with van der Waals surface area (Å²) in [4.78, 5) is 10.4. The van der Waals surface area contributed by atoms with Crippen molar-refractivity contribution in [2.45, 2.75) is 12.3 Å². The van der Waals surface area contributed by atoms with Crippen molar-refractivity contribution in [1.82, 2.24) is 14.5 Å². The van der Waals surface area contributed by atoms with Crippen LogP contribution in [0.25, 0.3) is 71.9 Å². The standard InChI is InChI=1S/C44H31N3/c1-4-13-30(14-5-1)31-23-26-35(27-24-31)47-40-22-11-10-19-37(40)38-29-34(25-28-41(38)47)36-20-12-21-39-42(36)43(32-15-6-2-7-16-32)46-44(45-39)33-17-8-3-9-18-33/h1-17,19-29,33H,18H2. The summed E-state index contributed by atoms with van der Waals surface area (Å²) in [5.74, 6) is 1.03. The van der Waals surface area contributed by atoms with E-state index in [0.29, 0.717) is 0 Å². The van der Waals surface area contributed by atoms with Crippen molar-refractivity contribution in [3.05, 3.63) is 176 Å². The van der Waals surface area contributed by atoms with Crippen LogP contribution in [-0.2, 0) is 0 Å². The number of hydrogen-bond donors (Lipinski definition) is 0. The van der Waals surface area contributed by atoms with Gasteiger partial charge < -0.3 is 4.57 Å². The normalized spacial score (nSPS) is 14.3. The Morgan fingerprint density at radius 2 is 1.23 bits per heavy atom. The van der Waals surface area contributed by atoms with E-state index < -0.39 is 0 Å². The molecule has 1 atom stereocenters. The molecule has 3 heteroatoms. The molecule has 0 radical (unpaired) electrons. The van der Waals surface area contributed by atoms with Crippen LogP contribution in [-0.4, -0.2) is 14.5 Å². The van der Waals surface area contributed by atoms with Crippen LogP contribution < -0.4 is 0 Å². The van der Waals surface area contributed by atoms with Gasteiger partial charge in [0.05, 0.1) is 22.2 Å². The molecule has 2 aromatic heterocycles. The second-order valence-electron chi connectivity index (χ2n) is 12.1. The third kappa shape index (κ3) is 4.76. The summed E-state index contributed by atoms with van der Waals surface area (Å²) in [6, 6.07) is 52.0. The molecule has 0 saturated heterocycles. The summed E-state index contributed by atoms with van der Waals surface area (Å²) in [6.45, 7) is 0. The maximum Gasteiger partial charge on any atom is 0.136 e. The maximum atomic E-state index is 5.27. The van der Waals surface area contributed by atoms with Crippen molar-refractivity contribution in [2.24, 2.45) is 0 Å². The van der Waals surface area contributed by atoms with Crippen molar-refractivity contribution in [2.75, 3.05) is 0 Å². The van der Waals surface area contributed by atoms with E-state index in [2.05, 4.69) is 174 Å². The van der Waals surface area contributed by atoms with Gasteiger partial charge in [-0.15, -0.1) is 0 Å². The quantitative estimate of drug-likeness (QED) is 0.196. The van der Waals surface area contributed by atoms with E-state index in [4.69, 9.17) is 9.97 Å². The minimum atomic E-state index is 0.166. The average molecular weight is 602 g/mol. The summed E-state index contributed by atoms with van der Waals surface area (Å²) in [5, 5.41) is 3.54. The molecule has 2 heterocycles. The van der Waals surface area contributed by atoms with Gasteiger partial charge in [0, 0.05) is 33.3 Å². The fraction of sp³-hybridized carbons (Fsp3) is 0.0455. The van der Waals surface area contributed by atoms with Crippen LogP contribution in [0.3, 0.4) is 0 Å². The molecular formula is C44H31N3. The van der Waals surface area contributed by atoms with Crippen LogP contribution in [0.1, 0.15) is 18.2 Å². The lowest BCUT2D eigenvalue weighted by Crippen LogP contribution is -2.05. The molecule has 3 nitrogen and oxygen atoms in total. The number of fused-ring (bicyclic) bond motifs is 4. The maximum absolute atomic E-state index is 5.27. The van der Waals surface area contributed by atoms with Gasteiger partial charge in [0.25, 0.3) is 0 Å². The van der Waals surface area contributed by atoms with Crippen molar-refractivity contribution in [3.8, 4) is 39.2 Å². The molecular weight excluding hydrogens is 571 g/mol. The van der Waals surface area contributed by atoms with E-state index >= 15 is 0 Å².